The maximum Gasteiger partial charge on any atom is 0.224 e. The van der Waals surface area contributed by atoms with Crippen LogP contribution in [0.5, 0.6) is 0 Å². The van der Waals surface area contributed by atoms with E-state index in [1.165, 1.54) is 17.8 Å². The van der Waals surface area contributed by atoms with Gasteiger partial charge in [-0.3, -0.25) is 9.48 Å². The van der Waals surface area contributed by atoms with E-state index in [0.29, 0.717) is 32.8 Å². The fraction of sp³-hybridized carbons (Fsp3) is 0.474. The van der Waals surface area contributed by atoms with Gasteiger partial charge in [0.15, 0.2) is 0 Å². The van der Waals surface area contributed by atoms with Crippen molar-refractivity contribution in [2.24, 2.45) is 0 Å². The smallest absolute Gasteiger partial charge is 0.224 e. The van der Waals surface area contributed by atoms with E-state index in [1.54, 1.807) is 19.2 Å². The SMILES string of the molecule is COCCn1nc(CCNC(=O)Cc2ccc(F)cc2)c2c1CCOC2. The van der Waals surface area contributed by atoms with E-state index in [-0.39, 0.29) is 18.1 Å². The lowest BCUT2D eigenvalue weighted by atomic mass is 10.1. The molecule has 1 aromatic heterocycles. The summed E-state index contributed by atoms with van der Waals surface area (Å²) in [5.74, 6) is -0.384. The van der Waals surface area contributed by atoms with Crippen LogP contribution in [-0.4, -0.2) is 42.6 Å². The third-order valence-corrected chi connectivity index (χ3v) is 4.45. The predicted molar refractivity (Wildman–Crippen MR) is 94.3 cm³/mol. The molecule has 7 heteroatoms. The van der Waals surface area contributed by atoms with E-state index in [1.807, 2.05) is 4.68 Å². The summed E-state index contributed by atoms with van der Waals surface area (Å²) in [5, 5.41) is 7.59. The molecule has 1 aliphatic rings. The third kappa shape index (κ3) is 4.68. The number of carbonyl (C=O) groups excluding carboxylic acids is 1. The van der Waals surface area contributed by atoms with Gasteiger partial charge in [0.05, 0.1) is 38.5 Å². The molecule has 0 unspecified atom stereocenters. The van der Waals surface area contributed by atoms with Gasteiger partial charge in [-0.2, -0.15) is 5.10 Å². The highest BCUT2D eigenvalue weighted by atomic mass is 19.1. The fourth-order valence-corrected chi connectivity index (χ4v) is 3.11. The molecule has 140 valence electrons. The monoisotopic (exact) mass is 361 g/mol. The lowest BCUT2D eigenvalue weighted by Crippen LogP contribution is -2.27. The third-order valence-electron chi connectivity index (χ3n) is 4.45. The number of ether oxygens (including phenoxy) is 2. The Morgan fingerprint density at radius 3 is 2.96 bits per heavy atom. The molecule has 0 fully saturated rings. The Morgan fingerprint density at radius 2 is 2.19 bits per heavy atom. The number of hydrogen-bond donors (Lipinski definition) is 1. The number of fused-ring (bicyclic) bond motifs is 1. The van der Waals surface area contributed by atoms with Crippen LogP contribution in [-0.2, 0) is 46.7 Å². The van der Waals surface area contributed by atoms with Crippen LogP contribution in [0.3, 0.4) is 0 Å². The molecule has 26 heavy (non-hydrogen) atoms. The Bertz CT molecular complexity index is 743. The van der Waals surface area contributed by atoms with Crippen LogP contribution in [0.1, 0.15) is 22.5 Å². The number of rotatable bonds is 8. The van der Waals surface area contributed by atoms with Gasteiger partial charge >= 0.3 is 0 Å². The molecule has 0 aliphatic carbocycles. The summed E-state index contributed by atoms with van der Waals surface area (Å²) in [4.78, 5) is 12.1. The van der Waals surface area contributed by atoms with Crippen LogP contribution < -0.4 is 5.32 Å². The summed E-state index contributed by atoms with van der Waals surface area (Å²) in [5.41, 5.74) is 4.11. The summed E-state index contributed by atoms with van der Waals surface area (Å²) < 4.78 is 25.6. The molecule has 1 aromatic carbocycles. The Hall–Kier alpha value is -2.25. The molecule has 0 atom stereocenters. The highest BCUT2D eigenvalue weighted by Gasteiger charge is 2.20. The molecule has 1 amide bonds. The first kappa shape index (κ1) is 18.5. The number of nitrogens with zero attached hydrogens (tertiary/aromatic N) is 2. The molecule has 0 radical (unpaired) electrons. The van der Waals surface area contributed by atoms with E-state index in [4.69, 9.17) is 9.47 Å². The first-order valence-electron chi connectivity index (χ1n) is 8.82. The van der Waals surface area contributed by atoms with E-state index in [2.05, 4.69) is 10.4 Å². The molecule has 3 rings (SSSR count). The highest BCUT2D eigenvalue weighted by molar-refractivity contribution is 5.78. The molecule has 1 aliphatic heterocycles. The van der Waals surface area contributed by atoms with Gasteiger partial charge in [-0.1, -0.05) is 12.1 Å². The molecule has 0 saturated heterocycles. The van der Waals surface area contributed by atoms with Crippen molar-refractivity contribution in [1.82, 2.24) is 15.1 Å². The van der Waals surface area contributed by atoms with Gasteiger partial charge in [0.25, 0.3) is 0 Å². The minimum atomic E-state index is -0.301. The maximum atomic E-state index is 12.9. The van der Waals surface area contributed by atoms with E-state index < -0.39 is 0 Å². The van der Waals surface area contributed by atoms with Gasteiger partial charge in [0.2, 0.25) is 5.91 Å². The van der Waals surface area contributed by atoms with Gasteiger partial charge in [-0.15, -0.1) is 0 Å². The van der Waals surface area contributed by atoms with E-state index in [9.17, 15) is 9.18 Å². The van der Waals surface area contributed by atoms with Crippen LogP contribution in [0, 0.1) is 5.82 Å². The average Bonchev–Trinajstić information content (AvgIpc) is 3.00. The van der Waals surface area contributed by atoms with Crippen molar-refractivity contribution in [1.29, 1.82) is 0 Å². The zero-order valence-electron chi connectivity index (χ0n) is 15.0. The molecule has 0 bridgehead atoms. The van der Waals surface area contributed by atoms with Gasteiger partial charge in [-0.05, 0) is 17.7 Å². The second-order valence-corrected chi connectivity index (χ2v) is 6.29. The second-order valence-electron chi connectivity index (χ2n) is 6.29. The van der Waals surface area contributed by atoms with Crippen molar-refractivity contribution in [2.75, 3.05) is 26.9 Å². The van der Waals surface area contributed by atoms with Crippen LogP contribution in [0.25, 0.3) is 0 Å². The Labute approximate surface area is 152 Å². The largest absolute Gasteiger partial charge is 0.383 e. The van der Waals surface area contributed by atoms with Crippen molar-refractivity contribution in [2.45, 2.75) is 32.4 Å². The van der Waals surface area contributed by atoms with Crippen LogP contribution >= 0.6 is 0 Å². The standard InChI is InChI=1S/C19H24FN3O3/c1-25-11-9-23-18-7-10-26-13-16(18)17(22-23)6-8-21-19(24)12-14-2-4-15(20)5-3-14/h2-5H,6-13H2,1H3,(H,21,24). The van der Waals surface area contributed by atoms with Crippen molar-refractivity contribution < 1.29 is 18.7 Å². The molecule has 1 N–H and O–H groups in total. The Morgan fingerprint density at radius 1 is 1.38 bits per heavy atom. The first-order chi connectivity index (χ1) is 12.7. The van der Waals surface area contributed by atoms with Gasteiger partial charge in [0, 0.05) is 37.8 Å². The number of halogens is 1. The van der Waals surface area contributed by atoms with E-state index in [0.717, 1.165) is 29.8 Å². The van der Waals surface area contributed by atoms with Crippen molar-refractivity contribution in [3.63, 3.8) is 0 Å². The minimum absolute atomic E-state index is 0.0828. The minimum Gasteiger partial charge on any atom is -0.383 e. The van der Waals surface area contributed by atoms with Crippen molar-refractivity contribution in [3.05, 3.63) is 52.6 Å². The van der Waals surface area contributed by atoms with Crippen LogP contribution in [0.4, 0.5) is 4.39 Å². The topological polar surface area (TPSA) is 65.4 Å². The summed E-state index contributed by atoms with van der Waals surface area (Å²) in [6.45, 7) is 3.12. The number of nitrogens with one attached hydrogen (secondary N) is 1. The molecule has 2 aromatic rings. The number of aromatic nitrogens is 2. The first-order valence-corrected chi connectivity index (χ1v) is 8.82. The lowest BCUT2D eigenvalue weighted by Gasteiger charge is -2.15. The number of amides is 1. The van der Waals surface area contributed by atoms with Gasteiger partial charge in [0.1, 0.15) is 5.82 Å². The normalized spacial score (nSPS) is 13.5. The summed E-state index contributed by atoms with van der Waals surface area (Å²) in [6.07, 6.45) is 1.74. The summed E-state index contributed by atoms with van der Waals surface area (Å²) in [6, 6.07) is 5.98. The number of hydrogen-bond acceptors (Lipinski definition) is 4. The van der Waals surface area contributed by atoms with Gasteiger partial charge < -0.3 is 14.8 Å². The van der Waals surface area contributed by atoms with Crippen LogP contribution in [0.2, 0.25) is 0 Å². The Balaban J connectivity index is 1.54. The quantitative estimate of drug-likeness (QED) is 0.776. The molecule has 6 nitrogen and oxygen atoms in total. The van der Waals surface area contributed by atoms with Crippen molar-refractivity contribution >= 4 is 5.91 Å². The zero-order valence-corrected chi connectivity index (χ0v) is 15.0. The predicted octanol–water partition coefficient (Wildman–Crippen LogP) is 1.64. The molecule has 0 spiro atoms. The summed E-state index contributed by atoms with van der Waals surface area (Å²) >= 11 is 0. The lowest BCUT2D eigenvalue weighted by molar-refractivity contribution is -0.120. The molecular weight excluding hydrogens is 337 g/mol. The molecule has 0 saturated carbocycles. The highest BCUT2D eigenvalue weighted by Crippen LogP contribution is 2.21. The number of methoxy groups -OCH3 is 1. The number of carbonyl (C=O) groups is 1. The van der Waals surface area contributed by atoms with Crippen molar-refractivity contribution in [3.8, 4) is 0 Å². The summed E-state index contributed by atoms with van der Waals surface area (Å²) in [7, 11) is 1.68. The zero-order chi connectivity index (χ0) is 18.4. The molecular formula is C19H24FN3O3. The fourth-order valence-electron chi connectivity index (χ4n) is 3.11. The maximum absolute atomic E-state index is 12.9. The van der Waals surface area contributed by atoms with Crippen LogP contribution in [0.15, 0.2) is 24.3 Å². The Kier molecular flexibility index (Phi) is 6.35. The number of benzene rings is 1. The van der Waals surface area contributed by atoms with Gasteiger partial charge in [-0.25, -0.2) is 4.39 Å². The van der Waals surface area contributed by atoms with E-state index >= 15 is 0 Å². The molecule has 2 heterocycles. The average molecular weight is 361 g/mol. The second kappa shape index (κ2) is 8.91.